The first-order valence-electron chi connectivity index (χ1n) is 7.22. The third kappa shape index (κ3) is 10.0. The smallest absolute Gasteiger partial charge is 0.132 e. The van der Waals surface area contributed by atoms with Gasteiger partial charge in [-0.2, -0.15) is 0 Å². The lowest BCUT2D eigenvalue weighted by Crippen LogP contribution is -2.32. The van der Waals surface area contributed by atoms with Gasteiger partial charge in [0.2, 0.25) is 0 Å². The molecule has 0 aliphatic heterocycles. The number of hydrogen-bond donors (Lipinski definition) is 1. The van der Waals surface area contributed by atoms with Crippen LogP contribution in [0.25, 0.3) is 0 Å². The number of Topliss-reactive ketones (excluding diaryl/α,β-unsaturated/α-hetero) is 1. The Bertz CT molecular complexity index is 262. The molecule has 0 aromatic carbocycles. The first kappa shape index (κ1) is 18.6. The van der Waals surface area contributed by atoms with Gasteiger partial charge in [0.15, 0.2) is 0 Å². The van der Waals surface area contributed by atoms with Gasteiger partial charge in [-0.3, -0.25) is 4.79 Å². The fourth-order valence-corrected chi connectivity index (χ4v) is 1.67. The minimum absolute atomic E-state index is 0.214. The Kier molecular flexibility index (Phi) is 8.46. The third-order valence-corrected chi connectivity index (χ3v) is 3.21. The second kappa shape index (κ2) is 8.67. The van der Waals surface area contributed by atoms with Gasteiger partial charge in [-0.05, 0) is 40.5 Å². The molecule has 0 rings (SSSR count). The van der Waals surface area contributed by atoms with Gasteiger partial charge in [0.05, 0.1) is 24.4 Å². The Hall–Kier alpha value is -0.450. The van der Waals surface area contributed by atoms with E-state index in [0.717, 1.165) is 12.8 Å². The van der Waals surface area contributed by atoms with Gasteiger partial charge in [-0.25, -0.2) is 0 Å². The van der Waals surface area contributed by atoms with Crippen LogP contribution in [-0.2, 0) is 14.3 Å². The Morgan fingerprint density at radius 3 is 2.05 bits per heavy atom. The number of carbonyl (C=O) groups excluding carboxylic acids is 1. The fourth-order valence-electron chi connectivity index (χ4n) is 1.67. The van der Waals surface area contributed by atoms with Gasteiger partial charge in [0, 0.05) is 19.4 Å². The van der Waals surface area contributed by atoms with Crippen molar-refractivity contribution in [2.45, 2.75) is 71.5 Å². The van der Waals surface area contributed by atoms with Crippen molar-refractivity contribution in [2.75, 3.05) is 19.8 Å². The highest BCUT2D eigenvalue weighted by Gasteiger charge is 2.23. The molecule has 0 fully saturated rings. The van der Waals surface area contributed by atoms with E-state index in [1.54, 1.807) is 0 Å². The van der Waals surface area contributed by atoms with E-state index in [9.17, 15) is 4.79 Å². The Labute approximate surface area is 118 Å². The van der Waals surface area contributed by atoms with Crippen LogP contribution in [0.1, 0.15) is 60.3 Å². The van der Waals surface area contributed by atoms with E-state index < -0.39 is 0 Å². The summed E-state index contributed by atoms with van der Waals surface area (Å²) in [7, 11) is 0. The molecule has 114 valence electrons. The molecule has 19 heavy (non-hydrogen) atoms. The summed E-state index contributed by atoms with van der Waals surface area (Å²) in [4.78, 5) is 11.3. The summed E-state index contributed by atoms with van der Waals surface area (Å²) in [6, 6.07) is 0. The summed E-state index contributed by atoms with van der Waals surface area (Å²) in [5, 5.41) is 0. The van der Waals surface area contributed by atoms with Crippen molar-refractivity contribution in [3.63, 3.8) is 0 Å². The average molecular weight is 273 g/mol. The number of carbonyl (C=O) groups is 1. The normalized spacial score (nSPS) is 12.7. The summed E-state index contributed by atoms with van der Waals surface area (Å²) >= 11 is 0. The van der Waals surface area contributed by atoms with Crippen molar-refractivity contribution in [1.82, 2.24) is 0 Å². The Balaban J connectivity index is 3.93. The molecule has 0 aromatic rings. The molecule has 0 aliphatic rings. The molecule has 0 amide bonds. The largest absolute Gasteiger partial charge is 0.375 e. The van der Waals surface area contributed by atoms with Crippen LogP contribution in [-0.4, -0.2) is 36.7 Å². The molecule has 0 aliphatic carbocycles. The highest BCUT2D eigenvalue weighted by Crippen LogP contribution is 2.20. The quantitative estimate of drug-likeness (QED) is 0.628. The van der Waals surface area contributed by atoms with Crippen LogP contribution >= 0.6 is 0 Å². The van der Waals surface area contributed by atoms with Gasteiger partial charge in [0.25, 0.3) is 0 Å². The molecular formula is C15H31NO3. The van der Waals surface area contributed by atoms with Crippen molar-refractivity contribution in [3.8, 4) is 0 Å². The van der Waals surface area contributed by atoms with Gasteiger partial charge in [0.1, 0.15) is 5.78 Å². The monoisotopic (exact) mass is 273 g/mol. The number of nitrogens with two attached hydrogens (primary N) is 1. The van der Waals surface area contributed by atoms with Crippen molar-refractivity contribution in [2.24, 2.45) is 5.73 Å². The predicted molar refractivity (Wildman–Crippen MR) is 78.3 cm³/mol. The zero-order chi connectivity index (χ0) is 14.9. The predicted octanol–water partition coefficient (Wildman–Crippen LogP) is 2.68. The molecule has 0 heterocycles. The highest BCUT2D eigenvalue weighted by atomic mass is 16.5. The molecule has 0 saturated heterocycles. The van der Waals surface area contributed by atoms with Crippen molar-refractivity contribution in [3.05, 3.63) is 0 Å². The van der Waals surface area contributed by atoms with E-state index in [0.29, 0.717) is 38.4 Å². The van der Waals surface area contributed by atoms with Crippen molar-refractivity contribution >= 4 is 5.78 Å². The van der Waals surface area contributed by atoms with Crippen LogP contribution in [0.15, 0.2) is 0 Å². The molecule has 0 saturated carbocycles. The fraction of sp³-hybridized carbons (Fsp3) is 0.933. The molecular weight excluding hydrogens is 242 g/mol. The number of ether oxygens (including phenoxy) is 2. The van der Waals surface area contributed by atoms with E-state index in [2.05, 4.69) is 0 Å². The summed E-state index contributed by atoms with van der Waals surface area (Å²) in [6.07, 6.45) is 2.79. The molecule has 4 heteroatoms. The maximum Gasteiger partial charge on any atom is 0.132 e. The van der Waals surface area contributed by atoms with Crippen molar-refractivity contribution in [1.29, 1.82) is 0 Å². The van der Waals surface area contributed by atoms with E-state index >= 15 is 0 Å². The van der Waals surface area contributed by atoms with E-state index in [4.69, 9.17) is 15.2 Å². The zero-order valence-corrected chi connectivity index (χ0v) is 13.3. The van der Waals surface area contributed by atoms with Gasteiger partial charge >= 0.3 is 0 Å². The molecule has 0 unspecified atom stereocenters. The molecule has 0 spiro atoms. The molecule has 0 aromatic heterocycles. The Morgan fingerprint density at radius 2 is 1.53 bits per heavy atom. The lowest BCUT2D eigenvalue weighted by atomic mass is 9.99. The maximum absolute atomic E-state index is 11.3. The second-order valence-corrected chi connectivity index (χ2v) is 6.15. The summed E-state index contributed by atoms with van der Waals surface area (Å²) in [5.41, 5.74) is 4.96. The van der Waals surface area contributed by atoms with Crippen LogP contribution in [0.2, 0.25) is 0 Å². The summed E-state index contributed by atoms with van der Waals surface area (Å²) < 4.78 is 11.5. The van der Waals surface area contributed by atoms with Crippen LogP contribution in [0.4, 0.5) is 0 Å². The maximum atomic E-state index is 11.3. The molecule has 0 atom stereocenters. The summed E-state index contributed by atoms with van der Waals surface area (Å²) in [5.74, 6) is 0.295. The lowest BCUT2D eigenvalue weighted by Gasteiger charge is -2.29. The number of hydrogen-bond acceptors (Lipinski definition) is 4. The number of ketones is 1. The van der Waals surface area contributed by atoms with E-state index in [1.807, 2.05) is 34.6 Å². The van der Waals surface area contributed by atoms with Gasteiger partial charge in [-0.1, -0.05) is 6.92 Å². The average Bonchev–Trinajstić information content (AvgIpc) is 2.33. The van der Waals surface area contributed by atoms with Crippen LogP contribution in [0.3, 0.4) is 0 Å². The standard InChI is InChI=1S/C15H31NO3/c1-6-13(17)7-8-14(2,3)18-11-9-15(4,5)19-12-10-16/h6-12,16H2,1-5H3. The van der Waals surface area contributed by atoms with Crippen LogP contribution < -0.4 is 5.73 Å². The van der Waals surface area contributed by atoms with E-state index in [-0.39, 0.29) is 11.2 Å². The van der Waals surface area contributed by atoms with Crippen LogP contribution in [0.5, 0.6) is 0 Å². The first-order valence-corrected chi connectivity index (χ1v) is 7.22. The highest BCUT2D eigenvalue weighted by molar-refractivity contribution is 5.78. The van der Waals surface area contributed by atoms with E-state index in [1.165, 1.54) is 0 Å². The zero-order valence-electron chi connectivity index (χ0n) is 13.3. The molecule has 2 N–H and O–H groups in total. The molecule has 0 radical (unpaired) electrons. The lowest BCUT2D eigenvalue weighted by molar-refractivity contribution is -0.121. The minimum Gasteiger partial charge on any atom is -0.375 e. The Morgan fingerprint density at radius 1 is 1.00 bits per heavy atom. The summed E-state index contributed by atoms with van der Waals surface area (Å²) in [6.45, 7) is 11.8. The molecule has 0 bridgehead atoms. The molecule has 4 nitrogen and oxygen atoms in total. The number of rotatable bonds is 11. The van der Waals surface area contributed by atoms with Gasteiger partial charge < -0.3 is 15.2 Å². The third-order valence-electron chi connectivity index (χ3n) is 3.21. The minimum atomic E-state index is -0.255. The second-order valence-electron chi connectivity index (χ2n) is 6.15. The van der Waals surface area contributed by atoms with Crippen LogP contribution in [0, 0.1) is 0 Å². The van der Waals surface area contributed by atoms with Crippen molar-refractivity contribution < 1.29 is 14.3 Å². The van der Waals surface area contributed by atoms with Gasteiger partial charge in [-0.15, -0.1) is 0 Å². The first-order chi connectivity index (χ1) is 8.72. The topological polar surface area (TPSA) is 61.5 Å². The SMILES string of the molecule is CCC(=O)CCC(C)(C)OCCC(C)(C)OCCN.